The van der Waals surface area contributed by atoms with Gasteiger partial charge in [0.1, 0.15) is 19.6 Å². The van der Waals surface area contributed by atoms with Crippen LogP contribution in [-0.2, 0) is 19.1 Å². The quantitative estimate of drug-likeness (QED) is 0.670. The van der Waals surface area contributed by atoms with E-state index < -0.39 is 10.1 Å². The molecule has 1 aliphatic rings. The highest BCUT2D eigenvalue weighted by Crippen LogP contribution is 2.22. The first kappa shape index (κ1) is 12.9. The van der Waals surface area contributed by atoms with Crippen molar-refractivity contribution in [2.75, 3.05) is 33.0 Å². The Bertz CT molecular complexity index is 293. The average molecular weight is 238 g/mol. The summed E-state index contributed by atoms with van der Waals surface area (Å²) >= 11 is 0. The van der Waals surface area contributed by atoms with Gasteiger partial charge < -0.3 is 4.74 Å². The highest BCUT2D eigenvalue weighted by molar-refractivity contribution is 7.85. The third kappa shape index (κ3) is 3.71. The lowest BCUT2D eigenvalue weighted by Crippen LogP contribution is -2.54. The van der Waals surface area contributed by atoms with Gasteiger partial charge in [-0.05, 0) is 6.92 Å². The molecular weight excluding hydrogens is 218 g/mol. The smallest absolute Gasteiger partial charge is 0.311 e. The number of likely N-dealkylation sites (tertiary alicyclic amines) is 1. The van der Waals surface area contributed by atoms with E-state index in [0.29, 0.717) is 19.6 Å². The highest BCUT2D eigenvalue weighted by atomic mass is 32.2. The van der Waals surface area contributed by atoms with E-state index in [4.69, 9.17) is 9.02 Å². The zero-order valence-electron chi connectivity index (χ0n) is 9.60. The van der Waals surface area contributed by atoms with Crippen molar-refractivity contribution in [2.45, 2.75) is 25.9 Å². The Morgan fingerprint density at radius 2 is 1.87 bits per heavy atom. The molecule has 1 saturated heterocycles. The number of rotatable bonds is 4. The van der Waals surface area contributed by atoms with E-state index in [-0.39, 0.29) is 10.8 Å². The molecule has 0 aromatic heterocycles. The van der Waals surface area contributed by atoms with Gasteiger partial charge in [0.15, 0.2) is 0 Å². The Hall–Kier alpha value is -0.170. The van der Waals surface area contributed by atoms with E-state index in [1.807, 2.05) is 6.92 Å². The summed E-state index contributed by atoms with van der Waals surface area (Å²) in [5.41, 5.74) is 0. The minimum Gasteiger partial charge on any atom is -0.381 e. The van der Waals surface area contributed by atoms with Crippen molar-refractivity contribution in [1.29, 1.82) is 0 Å². The van der Waals surface area contributed by atoms with Crippen LogP contribution in [0.25, 0.3) is 0 Å². The van der Waals surface area contributed by atoms with Crippen LogP contribution in [0, 0.1) is 0 Å². The Kier molecular flexibility index (Phi) is 4.11. The molecule has 0 aromatic rings. The van der Waals surface area contributed by atoms with E-state index in [1.165, 1.54) is 0 Å². The lowest BCUT2D eigenvalue weighted by atomic mass is 10.1. The summed E-state index contributed by atoms with van der Waals surface area (Å²) in [6.45, 7) is 4.01. The molecule has 1 heterocycles. The van der Waals surface area contributed by atoms with Gasteiger partial charge in [-0.15, -0.1) is 0 Å². The fourth-order valence-corrected chi connectivity index (χ4v) is 2.81. The molecule has 0 amide bonds. The SMILES string of the molecule is CC[N+]1(OS(C)(=O)=O)CCC(OC)CC1. The molecule has 0 N–H and O–H groups in total. The maximum absolute atomic E-state index is 11.1. The van der Waals surface area contributed by atoms with Crippen molar-refractivity contribution in [1.82, 2.24) is 0 Å². The van der Waals surface area contributed by atoms with Gasteiger partial charge in [-0.3, -0.25) is 0 Å². The number of methoxy groups -OCH3 is 1. The Morgan fingerprint density at radius 1 is 1.33 bits per heavy atom. The third-order valence-corrected chi connectivity index (χ3v) is 3.51. The molecule has 0 unspecified atom stereocenters. The van der Waals surface area contributed by atoms with Crippen molar-refractivity contribution >= 4 is 10.1 Å². The molecule has 15 heavy (non-hydrogen) atoms. The lowest BCUT2D eigenvalue weighted by molar-refractivity contribution is -1.08. The molecule has 0 radical (unpaired) electrons. The number of piperidine rings is 1. The number of hydroxylamine groups is 3. The summed E-state index contributed by atoms with van der Waals surface area (Å²) in [6.07, 6.45) is 3.04. The van der Waals surface area contributed by atoms with E-state index >= 15 is 0 Å². The van der Waals surface area contributed by atoms with Gasteiger partial charge in [0.25, 0.3) is 0 Å². The van der Waals surface area contributed by atoms with E-state index in [2.05, 4.69) is 0 Å². The molecule has 1 aliphatic heterocycles. The minimum atomic E-state index is -3.39. The first-order valence-electron chi connectivity index (χ1n) is 5.21. The van der Waals surface area contributed by atoms with Crippen molar-refractivity contribution in [3.05, 3.63) is 0 Å². The normalized spacial score (nSPS) is 32.9. The first-order chi connectivity index (χ1) is 6.91. The third-order valence-electron chi connectivity index (χ3n) is 2.92. The predicted molar refractivity (Wildman–Crippen MR) is 56.5 cm³/mol. The van der Waals surface area contributed by atoms with Gasteiger partial charge in [-0.1, -0.05) is 4.28 Å². The monoisotopic (exact) mass is 238 g/mol. The summed E-state index contributed by atoms with van der Waals surface area (Å²) in [4.78, 5) is 0. The first-order valence-corrected chi connectivity index (χ1v) is 7.02. The second-order valence-corrected chi connectivity index (χ2v) is 5.59. The fraction of sp³-hybridized carbons (Fsp3) is 1.00. The molecule has 0 saturated carbocycles. The maximum atomic E-state index is 11.1. The molecule has 6 heteroatoms. The van der Waals surface area contributed by atoms with Crippen LogP contribution in [0.1, 0.15) is 19.8 Å². The zero-order valence-corrected chi connectivity index (χ0v) is 10.4. The summed E-state index contributed by atoms with van der Waals surface area (Å²) in [7, 11) is -1.70. The number of hydrogen-bond donors (Lipinski definition) is 0. The summed E-state index contributed by atoms with van der Waals surface area (Å²) in [5.74, 6) is 0. The van der Waals surface area contributed by atoms with Crippen LogP contribution in [0.2, 0.25) is 0 Å². The van der Waals surface area contributed by atoms with Gasteiger partial charge in [-0.25, -0.2) is 0 Å². The van der Waals surface area contributed by atoms with Gasteiger partial charge in [0, 0.05) is 20.0 Å². The number of hydrogen-bond acceptors (Lipinski definition) is 4. The Balaban J connectivity index is 2.64. The molecular formula is C9H20NO4S+. The van der Waals surface area contributed by atoms with Gasteiger partial charge in [-0.2, -0.15) is 13.1 Å². The van der Waals surface area contributed by atoms with E-state index in [9.17, 15) is 8.42 Å². The molecule has 1 rings (SSSR count). The van der Waals surface area contributed by atoms with Crippen molar-refractivity contribution in [3.8, 4) is 0 Å². The average Bonchev–Trinajstić information content (AvgIpc) is 2.16. The van der Waals surface area contributed by atoms with Crippen LogP contribution in [0.4, 0.5) is 0 Å². The number of nitrogens with zero attached hydrogens (tertiary/aromatic N) is 1. The molecule has 0 bridgehead atoms. The molecule has 0 aromatic carbocycles. The van der Waals surface area contributed by atoms with E-state index in [0.717, 1.165) is 19.1 Å². The fourth-order valence-electron chi connectivity index (χ4n) is 1.98. The van der Waals surface area contributed by atoms with Crippen molar-refractivity contribution in [2.24, 2.45) is 0 Å². The predicted octanol–water partition coefficient (Wildman–Crippen LogP) is 0.523. The number of quaternary nitrogens is 1. The molecule has 0 aliphatic carbocycles. The van der Waals surface area contributed by atoms with Crippen LogP contribution >= 0.6 is 0 Å². The topological polar surface area (TPSA) is 52.6 Å². The van der Waals surface area contributed by atoms with Gasteiger partial charge in [0.05, 0.1) is 12.4 Å². The summed E-state index contributed by atoms with van der Waals surface area (Å²) in [5, 5.41) is 0. The van der Waals surface area contributed by atoms with Gasteiger partial charge in [0.2, 0.25) is 0 Å². The summed E-state index contributed by atoms with van der Waals surface area (Å²) in [6, 6.07) is 0. The van der Waals surface area contributed by atoms with Crippen molar-refractivity contribution in [3.63, 3.8) is 0 Å². The number of ether oxygens (including phenoxy) is 1. The highest BCUT2D eigenvalue weighted by Gasteiger charge is 2.37. The second kappa shape index (κ2) is 4.78. The zero-order chi connectivity index (χ0) is 11.5. The van der Waals surface area contributed by atoms with Crippen LogP contribution in [0.5, 0.6) is 0 Å². The molecule has 1 fully saturated rings. The van der Waals surface area contributed by atoms with Crippen LogP contribution in [0.3, 0.4) is 0 Å². The molecule has 90 valence electrons. The lowest BCUT2D eigenvalue weighted by Gasteiger charge is -2.38. The summed E-state index contributed by atoms with van der Waals surface area (Å²) < 4.78 is 32.9. The maximum Gasteiger partial charge on any atom is 0.311 e. The molecule has 0 spiro atoms. The largest absolute Gasteiger partial charge is 0.381 e. The second-order valence-electron chi connectivity index (χ2n) is 4.04. The van der Waals surface area contributed by atoms with Crippen LogP contribution in [-0.4, -0.2) is 52.2 Å². The van der Waals surface area contributed by atoms with Crippen LogP contribution < -0.4 is 0 Å². The Morgan fingerprint density at radius 3 is 2.20 bits per heavy atom. The standard InChI is InChI=1S/C9H20NO4S/c1-4-10(14-15(3,11)12)7-5-9(13-2)6-8-10/h9H,4-8H2,1-3H3/q+1. The van der Waals surface area contributed by atoms with E-state index in [1.54, 1.807) is 7.11 Å². The van der Waals surface area contributed by atoms with Crippen LogP contribution in [0.15, 0.2) is 0 Å². The van der Waals surface area contributed by atoms with Gasteiger partial charge >= 0.3 is 10.1 Å². The molecule has 0 atom stereocenters. The Labute approximate surface area is 91.6 Å². The van der Waals surface area contributed by atoms with Crippen molar-refractivity contribution < 1.29 is 22.1 Å². The molecule has 5 nitrogen and oxygen atoms in total. The minimum absolute atomic E-state index is 0.207.